The molecule has 1 unspecified atom stereocenters. The molecule has 1 heterocycles. The van der Waals surface area contributed by atoms with Crippen molar-refractivity contribution in [2.24, 2.45) is 5.14 Å². The van der Waals surface area contributed by atoms with Crippen LogP contribution in [0.25, 0.3) is 0 Å². The van der Waals surface area contributed by atoms with E-state index in [-0.39, 0.29) is 6.04 Å². The molecular formula is C7H17N3O2S. The minimum absolute atomic E-state index is 0.0602. The summed E-state index contributed by atoms with van der Waals surface area (Å²) in [6.07, 6.45) is 1.82. The van der Waals surface area contributed by atoms with Crippen LogP contribution in [-0.4, -0.2) is 50.8 Å². The van der Waals surface area contributed by atoms with E-state index in [2.05, 4.69) is 0 Å². The maximum Gasteiger partial charge on any atom is 0.277 e. The van der Waals surface area contributed by atoms with Gasteiger partial charge in [0.05, 0.1) is 0 Å². The Kier molecular flexibility index (Phi) is 3.28. The normalized spacial score (nSPS) is 25.7. The maximum absolute atomic E-state index is 11.1. The Morgan fingerprint density at radius 3 is 2.62 bits per heavy atom. The molecule has 1 fully saturated rings. The summed E-state index contributed by atoms with van der Waals surface area (Å²) in [5.74, 6) is 0. The van der Waals surface area contributed by atoms with Crippen LogP contribution in [0, 0.1) is 0 Å². The average molecular weight is 207 g/mol. The van der Waals surface area contributed by atoms with E-state index in [4.69, 9.17) is 5.14 Å². The van der Waals surface area contributed by atoms with E-state index >= 15 is 0 Å². The first-order chi connectivity index (χ1) is 5.91. The Morgan fingerprint density at radius 1 is 1.54 bits per heavy atom. The third-order valence-electron chi connectivity index (χ3n) is 2.23. The van der Waals surface area contributed by atoms with Crippen molar-refractivity contribution in [1.29, 1.82) is 0 Å². The van der Waals surface area contributed by atoms with Crippen molar-refractivity contribution in [3.63, 3.8) is 0 Å². The van der Waals surface area contributed by atoms with Gasteiger partial charge in [-0.2, -0.15) is 12.7 Å². The number of rotatable bonds is 3. The minimum atomic E-state index is -3.49. The zero-order valence-electron chi connectivity index (χ0n) is 8.10. The molecule has 0 aliphatic carbocycles. The van der Waals surface area contributed by atoms with Crippen molar-refractivity contribution >= 4 is 10.2 Å². The van der Waals surface area contributed by atoms with Gasteiger partial charge in [0.2, 0.25) is 0 Å². The summed E-state index contributed by atoms with van der Waals surface area (Å²) in [7, 11) is 0.370. The van der Waals surface area contributed by atoms with Crippen LogP contribution >= 0.6 is 0 Å². The first-order valence-electron chi connectivity index (χ1n) is 4.35. The van der Waals surface area contributed by atoms with Crippen LogP contribution < -0.4 is 5.14 Å². The lowest BCUT2D eigenvalue weighted by molar-refractivity contribution is 0.291. The van der Waals surface area contributed by atoms with Crippen molar-refractivity contribution in [3.05, 3.63) is 0 Å². The standard InChI is InChI=1S/C7H17N3O2S/c1-9(2)6-7-4-3-5-10(7)13(8,11)12/h7H,3-6H2,1-2H3,(H2,8,11,12). The second kappa shape index (κ2) is 3.91. The molecule has 1 saturated heterocycles. The Bertz CT molecular complexity index is 263. The smallest absolute Gasteiger partial charge is 0.277 e. The molecule has 1 rings (SSSR count). The molecule has 0 spiro atoms. The fourth-order valence-corrected chi connectivity index (χ4v) is 2.72. The first kappa shape index (κ1) is 10.9. The SMILES string of the molecule is CN(C)CC1CCCN1S(N)(=O)=O. The zero-order valence-corrected chi connectivity index (χ0v) is 8.92. The highest BCUT2D eigenvalue weighted by Gasteiger charge is 2.31. The quantitative estimate of drug-likeness (QED) is 0.660. The highest BCUT2D eigenvalue weighted by Crippen LogP contribution is 2.19. The fourth-order valence-electron chi connectivity index (χ4n) is 1.75. The molecule has 5 nitrogen and oxygen atoms in total. The van der Waals surface area contributed by atoms with Crippen molar-refractivity contribution in [2.45, 2.75) is 18.9 Å². The van der Waals surface area contributed by atoms with Gasteiger partial charge in [-0.15, -0.1) is 0 Å². The van der Waals surface area contributed by atoms with Gasteiger partial charge in [-0.1, -0.05) is 0 Å². The summed E-state index contributed by atoms with van der Waals surface area (Å²) < 4.78 is 23.6. The zero-order chi connectivity index (χ0) is 10.1. The third-order valence-corrected chi connectivity index (χ3v) is 3.36. The van der Waals surface area contributed by atoms with Crippen LogP contribution in [0.2, 0.25) is 0 Å². The number of likely N-dealkylation sites (N-methyl/N-ethyl adjacent to an activating group) is 1. The largest absolute Gasteiger partial charge is 0.308 e. The molecule has 1 atom stereocenters. The molecular weight excluding hydrogens is 190 g/mol. The lowest BCUT2D eigenvalue weighted by Gasteiger charge is -2.24. The summed E-state index contributed by atoms with van der Waals surface area (Å²) >= 11 is 0. The molecule has 1 aliphatic heterocycles. The van der Waals surface area contributed by atoms with Crippen LogP contribution in [0.1, 0.15) is 12.8 Å². The predicted octanol–water partition coefficient (Wildman–Crippen LogP) is -0.784. The van der Waals surface area contributed by atoms with E-state index in [0.717, 1.165) is 19.4 Å². The topological polar surface area (TPSA) is 66.6 Å². The van der Waals surface area contributed by atoms with Gasteiger partial charge in [-0.25, -0.2) is 5.14 Å². The van der Waals surface area contributed by atoms with Crippen molar-refractivity contribution in [2.75, 3.05) is 27.2 Å². The van der Waals surface area contributed by atoms with Gasteiger partial charge in [-0.3, -0.25) is 0 Å². The lowest BCUT2D eigenvalue weighted by Crippen LogP contribution is -2.44. The Morgan fingerprint density at radius 2 is 2.15 bits per heavy atom. The van der Waals surface area contributed by atoms with Crippen LogP contribution in [-0.2, 0) is 10.2 Å². The van der Waals surface area contributed by atoms with Crippen LogP contribution in [0.3, 0.4) is 0 Å². The second-order valence-electron chi connectivity index (χ2n) is 3.71. The molecule has 2 N–H and O–H groups in total. The summed E-state index contributed by atoms with van der Waals surface area (Å²) in [6, 6.07) is 0.0602. The van der Waals surface area contributed by atoms with Gasteiger partial charge >= 0.3 is 0 Å². The molecule has 0 aromatic carbocycles. The third kappa shape index (κ3) is 2.91. The number of nitrogens with two attached hydrogens (primary N) is 1. The summed E-state index contributed by atoms with van der Waals surface area (Å²) in [5, 5.41) is 5.09. The molecule has 13 heavy (non-hydrogen) atoms. The molecule has 0 radical (unpaired) electrons. The molecule has 0 saturated carbocycles. The predicted molar refractivity (Wildman–Crippen MR) is 51.4 cm³/mol. The number of nitrogens with zero attached hydrogens (tertiary/aromatic N) is 2. The van der Waals surface area contributed by atoms with Gasteiger partial charge in [-0.05, 0) is 26.9 Å². The summed E-state index contributed by atoms with van der Waals surface area (Å²) in [4.78, 5) is 1.98. The number of hydrogen-bond acceptors (Lipinski definition) is 3. The maximum atomic E-state index is 11.1. The van der Waals surface area contributed by atoms with Crippen LogP contribution in [0.5, 0.6) is 0 Å². The van der Waals surface area contributed by atoms with E-state index in [9.17, 15) is 8.42 Å². The van der Waals surface area contributed by atoms with Gasteiger partial charge < -0.3 is 4.90 Å². The molecule has 1 aliphatic rings. The van der Waals surface area contributed by atoms with E-state index in [1.54, 1.807) is 0 Å². The molecule has 0 aromatic rings. The second-order valence-corrected chi connectivity index (χ2v) is 5.21. The van der Waals surface area contributed by atoms with Gasteiger partial charge in [0.1, 0.15) is 0 Å². The molecule has 0 bridgehead atoms. The lowest BCUT2D eigenvalue weighted by atomic mass is 10.2. The van der Waals surface area contributed by atoms with E-state index in [1.165, 1.54) is 4.31 Å². The van der Waals surface area contributed by atoms with Gasteiger partial charge in [0, 0.05) is 19.1 Å². The highest BCUT2D eigenvalue weighted by atomic mass is 32.2. The molecule has 0 aromatic heterocycles. The van der Waals surface area contributed by atoms with Gasteiger partial charge in [0.15, 0.2) is 0 Å². The van der Waals surface area contributed by atoms with E-state index < -0.39 is 10.2 Å². The summed E-state index contributed by atoms with van der Waals surface area (Å²) in [6.45, 7) is 1.31. The first-order valence-corrected chi connectivity index (χ1v) is 5.86. The van der Waals surface area contributed by atoms with E-state index in [0.29, 0.717) is 6.54 Å². The molecule has 6 heteroatoms. The Labute approximate surface area is 79.7 Å². The van der Waals surface area contributed by atoms with Crippen molar-refractivity contribution < 1.29 is 8.42 Å². The van der Waals surface area contributed by atoms with Crippen molar-refractivity contribution in [1.82, 2.24) is 9.21 Å². The molecule has 78 valence electrons. The monoisotopic (exact) mass is 207 g/mol. The van der Waals surface area contributed by atoms with Crippen molar-refractivity contribution in [3.8, 4) is 0 Å². The Balaban J connectivity index is 2.65. The average Bonchev–Trinajstić information content (AvgIpc) is 2.31. The van der Waals surface area contributed by atoms with E-state index in [1.807, 2.05) is 19.0 Å². The fraction of sp³-hybridized carbons (Fsp3) is 1.00. The number of hydrogen-bond donors (Lipinski definition) is 1. The van der Waals surface area contributed by atoms with Gasteiger partial charge in [0.25, 0.3) is 10.2 Å². The Hall–Kier alpha value is -0.170. The van der Waals surface area contributed by atoms with Crippen LogP contribution in [0.4, 0.5) is 0 Å². The highest BCUT2D eigenvalue weighted by molar-refractivity contribution is 7.86. The van der Waals surface area contributed by atoms with Crippen LogP contribution in [0.15, 0.2) is 0 Å². The molecule has 0 amide bonds. The summed E-state index contributed by atoms with van der Waals surface area (Å²) in [5.41, 5.74) is 0. The minimum Gasteiger partial charge on any atom is -0.308 e.